The van der Waals surface area contributed by atoms with Crippen molar-refractivity contribution in [2.75, 3.05) is 30.8 Å². The summed E-state index contributed by atoms with van der Waals surface area (Å²) in [6, 6.07) is 0. The fourth-order valence-electron chi connectivity index (χ4n) is 3.78. The summed E-state index contributed by atoms with van der Waals surface area (Å²) in [6.45, 7) is 11.0. The number of rotatable bonds is 16. The zero-order valence-corrected chi connectivity index (χ0v) is 18.4. The van der Waals surface area contributed by atoms with Gasteiger partial charge in [0.15, 0.2) is 0 Å². The van der Waals surface area contributed by atoms with Crippen molar-refractivity contribution in [3.63, 3.8) is 0 Å². The van der Waals surface area contributed by atoms with Crippen molar-refractivity contribution in [3.05, 3.63) is 0 Å². The normalized spacial score (nSPS) is 14.2. The second-order valence-electron chi connectivity index (χ2n) is 7.23. The molecule has 0 rings (SSSR count). The summed E-state index contributed by atoms with van der Waals surface area (Å²) < 4.78 is 0. The van der Waals surface area contributed by atoms with E-state index in [-0.39, 0.29) is 0 Å². The van der Waals surface area contributed by atoms with Gasteiger partial charge in [-0.05, 0) is 0 Å². The van der Waals surface area contributed by atoms with Crippen LogP contribution in [0.25, 0.3) is 0 Å². The Hall–Kier alpha value is 0.860. The molecule has 1 atom stereocenters. The topological polar surface area (TPSA) is 0 Å². The van der Waals surface area contributed by atoms with Gasteiger partial charge in [-0.2, -0.15) is 0 Å². The number of hydrogen-bond acceptors (Lipinski definition) is 0. The maximum atomic E-state index is 2.44. The Balaban J connectivity index is 5.07. The van der Waals surface area contributed by atoms with Gasteiger partial charge >= 0.3 is 144 Å². The van der Waals surface area contributed by atoms with Crippen molar-refractivity contribution >= 4 is 14.6 Å². The molecule has 22 heavy (non-hydrogen) atoms. The van der Waals surface area contributed by atoms with Crippen molar-refractivity contribution in [1.29, 1.82) is 0 Å². The van der Waals surface area contributed by atoms with Crippen LogP contribution in [0.5, 0.6) is 0 Å². The van der Waals surface area contributed by atoms with Crippen molar-refractivity contribution in [2.45, 2.75) is 98.8 Å². The van der Waals surface area contributed by atoms with E-state index in [9.17, 15) is 0 Å². The molecule has 2 heteroatoms. The van der Waals surface area contributed by atoms with E-state index in [1.807, 2.05) is 0 Å². The second-order valence-corrected chi connectivity index (χ2v) is 17.9. The third kappa shape index (κ3) is 9.23. The summed E-state index contributed by atoms with van der Waals surface area (Å²) >= 11 is 0. The Bertz CT molecular complexity index is 206. The summed E-state index contributed by atoms with van der Waals surface area (Å²) in [7, 11) is 0.384. The summed E-state index contributed by atoms with van der Waals surface area (Å²) in [6.07, 6.45) is 22.9. The summed E-state index contributed by atoms with van der Waals surface area (Å²) in [5.74, 6) is 0. The SMILES string of the molecule is CCCCCP(CCC)[PH](CCCC)(CCCC)CCCC. The summed E-state index contributed by atoms with van der Waals surface area (Å²) in [4.78, 5) is 0. The average Bonchev–Trinajstić information content (AvgIpc) is 2.54. The molecule has 0 heterocycles. The number of unbranched alkanes of at least 4 members (excludes halogenated alkanes) is 5. The molecular weight excluding hydrogens is 302 g/mol. The molecule has 0 aromatic heterocycles. The minimum absolute atomic E-state index is 0.384. The molecule has 0 amide bonds. The third-order valence-corrected chi connectivity index (χ3v) is 19.6. The Morgan fingerprint density at radius 2 is 0.955 bits per heavy atom. The van der Waals surface area contributed by atoms with E-state index in [4.69, 9.17) is 0 Å². The zero-order valence-electron chi connectivity index (χ0n) is 16.6. The molecule has 0 spiro atoms. The maximum absolute atomic E-state index is 2.44. The van der Waals surface area contributed by atoms with Crippen LogP contribution in [0.1, 0.15) is 98.8 Å². The molecule has 0 saturated carbocycles. The van der Waals surface area contributed by atoms with Crippen LogP contribution in [0, 0.1) is 0 Å². The summed E-state index contributed by atoms with van der Waals surface area (Å²) in [5.41, 5.74) is 0. The monoisotopic (exact) mass is 348 g/mol. The fraction of sp³-hybridized carbons (Fsp3) is 1.00. The van der Waals surface area contributed by atoms with Crippen LogP contribution in [-0.4, -0.2) is 30.8 Å². The average molecular weight is 349 g/mol. The van der Waals surface area contributed by atoms with E-state index < -0.39 is 6.95 Å². The molecule has 0 aromatic rings. The number of hydrogen-bond donors (Lipinski definition) is 0. The van der Waals surface area contributed by atoms with Gasteiger partial charge in [-0.15, -0.1) is 0 Å². The molecule has 0 fully saturated rings. The van der Waals surface area contributed by atoms with Gasteiger partial charge in [0, 0.05) is 0 Å². The van der Waals surface area contributed by atoms with Gasteiger partial charge in [-0.3, -0.25) is 0 Å². The zero-order chi connectivity index (χ0) is 16.7. The predicted octanol–water partition coefficient (Wildman–Crippen LogP) is 8.13. The first kappa shape index (κ1) is 22.9. The van der Waals surface area contributed by atoms with E-state index in [1.54, 1.807) is 30.8 Å². The van der Waals surface area contributed by atoms with Crippen molar-refractivity contribution in [2.24, 2.45) is 0 Å². The molecule has 136 valence electrons. The van der Waals surface area contributed by atoms with E-state index >= 15 is 0 Å². The second kappa shape index (κ2) is 15.4. The van der Waals surface area contributed by atoms with Crippen molar-refractivity contribution in [1.82, 2.24) is 0 Å². The standard InChI is InChI=1S/C20H46P2/c1-6-11-15-17-21(16-10-5)22(18-12-7-2,19-13-8-3)20-14-9-4/h22H,6-20H2,1-5H3. The van der Waals surface area contributed by atoms with E-state index in [2.05, 4.69) is 34.6 Å². The molecule has 0 aliphatic heterocycles. The summed E-state index contributed by atoms with van der Waals surface area (Å²) in [5, 5.41) is 0. The van der Waals surface area contributed by atoms with Gasteiger partial charge in [0.25, 0.3) is 0 Å². The van der Waals surface area contributed by atoms with Crippen LogP contribution in [0.3, 0.4) is 0 Å². The van der Waals surface area contributed by atoms with Gasteiger partial charge in [0.05, 0.1) is 0 Å². The molecule has 0 aromatic carbocycles. The molecular formula is C20H46P2. The molecule has 0 saturated heterocycles. The minimum atomic E-state index is -0.994. The molecule has 0 nitrogen and oxygen atoms in total. The first-order valence-corrected chi connectivity index (χ1v) is 15.6. The quantitative estimate of drug-likeness (QED) is 0.195. The van der Waals surface area contributed by atoms with Gasteiger partial charge in [0.1, 0.15) is 0 Å². The molecule has 1 unspecified atom stereocenters. The Kier molecular flexibility index (Phi) is 16.0. The van der Waals surface area contributed by atoms with E-state index in [0.29, 0.717) is 7.61 Å². The van der Waals surface area contributed by atoms with Gasteiger partial charge in [-0.25, -0.2) is 0 Å². The first-order chi connectivity index (χ1) is 10.7. The van der Waals surface area contributed by atoms with Crippen LogP contribution in [-0.2, 0) is 0 Å². The van der Waals surface area contributed by atoms with E-state index in [0.717, 1.165) is 0 Å². The fourth-order valence-corrected chi connectivity index (χ4v) is 19.1. The molecule has 0 aliphatic carbocycles. The Morgan fingerprint density at radius 1 is 0.500 bits per heavy atom. The van der Waals surface area contributed by atoms with Crippen LogP contribution in [0.2, 0.25) is 0 Å². The first-order valence-electron chi connectivity index (χ1n) is 10.5. The molecule has 0 N–H and O–H groups in total. The van der Waals surface area contributed by atoms with Crippen LogP contribution < -0.4 is 0 Å². The van der Waals surface area contributed by atoms with Gasteiger partial charge in [0.2, 0.25) is 0 Å². The Labute approximate surface area is 144 Å². The molecule has 0 bridgehead atoms. The predicted molar refractivity (Wildman–Crippen MR) is 114 cm³/mol. The van der Waals surface area contributed by atoms with Crippen molar-refractivity contribution < 1.29 is 0 Å². The van der Waals surface area contributed by atoms with Crippen LogP contribution in [0.15, 0.2) is 0 Å². The van der Waals surface area contributed by atoms with Crippen LogP contribution in [0.4, 0.5) is 0 Å². The Morgan fingerprint density at radius 3 is 1.32 bits per heavy atom. The van der Waals surface area contributed by atoms with E-state index in [1.165, 1.54) is 64.2 Å². The van der Waals surface area contributed by atoms with Gasteiger partial charge < -0.3 is 0 Å². The van der Waals surface area contributed by atoms with Gasteiger partial charge in [-0.1, -0.05) is 0 Å². The van der Waals surface area contributed by atoms with Crippen LogP contribution >= 0.6 is 14.6 Å². The molecule has 0 radical (unpaired) electrons. The molecule has 0 aliphatic rings. The third-order valence-electron chi connectivity index (χ3n) is 5.18. The van der Waals surface area contributed by atoms with Crippen molar-refractivity contribution in [3.8, 4) is 0 Å².